The molecule has 0 bridgehead atoms. The van der Waals surface area contributed by atoms with Crippen molar-refractivity contribution in [2.24, 2.45) is 0 Å². The van der Waals surface area contributed by atoms with E-state index < -0.39 is 0 Å². The molecule has 18 heavy (non-hydrogen) atoms. The van der Waals surface area contributed by atoms with Gasteiger partial charge in [-0.1, -0.05) is 0 Å². The number of methoxy groups -OCH3 is 1. The van der Waals surface area contributed by atoms with Gasteiger partial charge in [0.15, 0.2) is 0 Å². The highest BCUT2D eigenvalue weighted by molar-refractivity contribution is 9.10. The summed E-state index contributed by atoms with van der Waals surface area (Å²) in [6, 6.07) is 11.7. The molecule has 0 N–H and O–H groups in total. The van der Waals surface area contributed by atoms with E-state index in [-0.39, 0.29) is 0 Å². The summed E-state index contributed by atoms with van der Waals surface area (Å²) >= 11 is 5.00. The molecule has 2 aromatic rings. The molecule has 0 aliphatic heterocycles. The molecule has 2 nitrogen and oxygen atoms in total. The van der Waals surface area contributed by atoms with Crippen LogP contribution in [0, 0.1) is 11.3 Å². The van der Waals surface area contributed by atoms with Crippen LogP contribution >= 0.6 is 27.3 Å². The number of allylic oxidation sites excluding steroid dienone is 1. The zero-order valence-electron chi connectivity index (χ0n) is 9.68. The molecule has 1 aromatic heterocycles. The van der Waals surface area contributed by atoms with Crippen LogP contribution in [0.15, 0.2) is 40.2 Å². The molecule has 4 heteroatoms. The van der Waals surface area contributed by atoms with E-state index in [9.17, 15) is 5.26 Å². The van der Waals surface area contributed by atoms with Crippen LogP contribution in [0.1, 0.15) is 10.4 Å². The largest absolute Gasteiger partial charge is 0.497 e. The molecular formula is C14H10BrNOS. The number of benzene rings is 1. The summed E-state index contributed by atoms with van der Waals surface area (Å²) < 4.78 is 6.13. The van der Waals surface area contributed by atoms with Gasteiger partial charge in [-0.25, -0.2) is 0 Å². The van der Waals surface area contributed by atoms with Crippen molar-refractivity contribution in [3.05, 3.63) is 50.6 Å². The molecule has 0 unspecified atom stereocenters. The lowest BCUT2D eigenvalue weighted by Gasteiger charge is -2.01. The van der Waals surface area contributed by atoms with Gasteiger partial charge in [-0.2, -0.15) is 5.26 Å². The third-order valence-electron chi connectivity index (χ3n) is 2.40. The number of hydrogen-bond donors (Lipinski definition) is 0. The van der Waals surface area contributed by atoms with Crippen LogP contribution in [-0.4, -0.2) is 7.11 Å². The van der Waals surface area contributed by atoms with E-state index in [0.29, 0.717) is 5.57 Å². The van der Waals surface area contributed by atoms with Gasteiger partial charge in [0, 0.05) is 14.7 Å². The third kappa shape index (κ3) is 3.00. The lowest BCUT2D eigenvalue weighted by Crippen LogP contribution is -1.84. The molecule has 0 spiro atoms. The second-order valence-electron chi connectivity index (χ2n) is 3.57. The van der Waals surface area contributed by atoms with E-state index in [4.69, 9.17) is 4.74 Å². The van der Waals surface area contributed by atoms with Crippen molar-refractivity contribution in [3.63, 3.8) is 0 Å². The quantitative estimate of drug-likeness (QED) is 0.775. The van der Waals surface area contributed by atoms with Gasteiger partial charge in [-0.05, 0) is 57.9 Å². The maximum atomic E-state index is 9.22. The fourth-order valence-corrected chi connectivity index (χ4v) is 2.87. The average molecular weight is 320 g/mol. The third-order valence-corrected chi connectivity index (χ3v) is 4.04. The predicted molar refractivity (Wildman–Crippen MR) is 78.5 cm³/mol. The average Bonchev–Trinajstić information content (AvgIpc) is 2.82. The number of nitrogens with zero attached hydrogens (tertiary/aromatic N) is 1. The molecule has 0 aliphatic rings. The van der Waals surface area contributed by atoms with Gasteiger partial charge in [0.1, 0.15) is 5.75 Å². The molecule has 90 valence electrons. The summed E-state index contributed by atoms with van der Waals surface area (Å²) in [7, 11) is 1.62. The Balaban J connectivity index is 2.33. The second kappa shape index (κ2) is 5.85. The molecule has 0 saturated carbocycles. The van der Waals surface area contributed by atoms with Crippen molar-refractivity contribution in [2.75, 3.05) is 7.11 Å². The highest BCUT2D eigenvalue weighted by Crippen LogP contribution is 2.25. The van der Waals surface area contributed by atoms with Crippen molar-refractivity contribution >= 4 is 38.9 Å². The predicted octanol–water partition coefficient (Wildman–Crippen LogP) is 4.58. The Hall–Kier alpha value is -1.57. The minimum absolute atomic E-state index is 0.645. The van der Waals surface area contributed by atoms with Gasteiger partial charge < -0.3 is 4.74 Å². The number of rotatable bonds is 3. The van der Waals surface area contributed by atoms with Gasteiger partial charge in [0.25, 0.3) is 0 Å². The topological polar surface area (TPSA) is 33.0 Å². The van der Waals surface area contributed by atoms with E-state index in [1.54, 1.807) is 18.4 Å². The second-order valence-corrected chi connectivity index (χ2v) is 5.42. The van der Waals surface area contributed by atoms with Gasteiger partial charge in [-0.15, -0.1) is 11.3 Å². The summed E-state index contributed by atoms with van der Waals surface area (Å²) in [5.74, 6) is 0.787. The number of halogens is 1. The summed E-state index contributed by atoms with van der Waals surface area (Å²) in [5.41, 5.74) is 1.54. The van der Waals surface area contributed by atoms with Crippen LogP contribution in [-0.2, 0) is 0 Å². The molecule has 0 fully saturated rings. The standard InChI is InChI=1S/C14H10BrNOS/c1-17-13-4-2-10(3-5-13)11(8-16)6-14-7-12(15)9-18-14/h2-7,9H,1H3/b11-6-. The number of thiophene rings is 1. The molecule has 2 rings (SSSR count). The highest BCUT2D eigenvalue weighted by Gasteiger charge is 2.03. The Kier molecular flexibility index (Phi) is 4.19. The maximum Gasteiger partial charge on any atom is 0.118 e. The van der Waals surface area contributed by atoms with Crippen molar-refractivity contribution in [3.8, 4) is 11.8 Å². The Morgan fingerprint density at radius 3 is 2.61 bits per heavy atom. The normalized spacial score (nSPS) is 11.1. The summed E-state index contributed by atoms with van der Waals surface area (Å²) in [5, 5.41) is 11.2. The Labute approximate surface area is 118 Å². The van der Waals surface area contributed by atoms with Crippen molar-refractivity contribution in [1.29, 1.82) is 5.26 Å². The Bertz CT molecular complexity index is 607. The molecule has 0 radical (unpaired) electrons. The molecule has 0 aliphatic carbocycles. The Morgan fingerprint density at radius 2 is 2.11 bits per heavy atom. The van der Waals surface area contributed by atoms with E-state index in [1.807, 2.05) is 41.8 Å². The van der Waals surface area contributed by atoms with Gasteiger partial charge in [-0.3, -0.25) is 0 Å². The van der Waals surface area contributed by atoms with Crippen LogP contribution in [0.3, 0.4) is 0 Å². The van der Waals surface area contributed by atoms with Crippen LogP contribution in [0.4, 0.5) is 0 Å². The van der Waals surface area contributed by atoms with Crippen LogP contribution in [0.2, 0.25) is 0 Å². The number of hydrogen-bond acceptors (Lipinski definition) is 3. The van der Waals surface area contributed by atoms with E-state index in [0.717, 1.165) is 20.7 Å². The Morgan fingerprint density at radius 1 is 1.39 bits per heavy atom. The van der Waals surface area contributed by atoms with E-state index in [1.165, 1.54) is 0 Å². The summed E-state index contributed by atoms with van der Waals surface area (Å²) in [6.45, 7) is 0. The van der Waals surface area contributed by atoms with Crippen molar-refractivity contribution < 1.29 is 4.74 Å². The van der Waals surface area contributed by atoms with E-state index in [2.05, 4.69) is 22.0 Å². The molecule has 0 atom stereocenters. The highest BCUT2D eigenvalue weighted by atomic mass is 79.9. The van der Waals surface area contributed by atoms with Crippen molar-refractivity contribution in [1.82, 2.24) is 0 Å². The molecule has 1 aromatic carbocycles. The van der Waals surface area contributed by atoms with Gasteiger partial charge >= 0.3 is 0 Å². The van der Waals surface area contributed by atoms with Crippen molar-refractivity contribution in [2.45, 2.75) is 0 Å². The number of nitriles is 1. The fraction of sp³-hybridized carbons (Fsp3) is 0.0714. The molecule has 0 amide bonds. The first-order valence-electron chi connectivity index (χ1n) is 5.23. The summed E-state index contributed by atoms with van der Waals surface area (Å²) in [4.78, 5) is 1.05. The van der Waals surface area contributed by atoms with Crippen LogP contribution in [0.25, 0.3) is 11.6 Å². The minimum atomic E-state index is 0.645. The lowest BCUT2D eigenvalue weighted by atomic mass is 10.1. The zero-order chi connectivity index (χ0) is 13.0. The minimum Gasteiger partial charge on any atom is -0.497 e. The maximum absolute atomic E-state index is 9.22. The summed E-state index contributed by atoms with van der Waals surface area (Å²) in [6.07, 6.45) is 1.89. The zero-order valence-corrected chi connectivity index (χ0v) is 12.1. The monoisotopic (exact) mass is 319 g/mol. The van der Waals surface area contributed by atoms with Gasteiger partial charge in [0.05, 0.1) is 18.8 Å². The first-order valence-corrected chi connectivity index (χ1v) is 6.90. The SMILES string of the molecule is COc1ccc(/C(C#N)=C\c2cc(Br)cs2)cc1. The van der Waals surface area contributed by atoms with E-state index >= 15 is 0 Å². The first kappa shape index (κ1) is 12.9. The van der Waals surface area contributed by atoms with Gasteiger partial charge in [0.2, 0.25) is 0 Å². The molecular weight excluding hydrogens is 310 g/mol. The lowest BCUT2D eigenvalue weighted by molar-refractivity contribution is 0.415. The molecule has 0 saturated heterocycles. The fourth-order valence-electron chi connectivity index (χ4n) is 1.50. The number of ether oxygens (including phenoxy) is 1. The first-order chi connectivity index (χ1) is 8.72. The van der Waals surface area contributed by atoms with Crippen LogP contribution in [0.5, 0.6) is 5.75 Å². The van der Waals surface area contributed by atoms with Crippen LogP contribution < -0.4 is 4.74 Å². The molecule has 1 heterocycles. The smallest absolute Gasteiger partial charge is 0.118 e.